The van der Waals surface area contributed by atoms with Gasteiger partial charge in [-0.3, -0.25) is 4.79 Å². The van der Waals surface area contributed by atoms with Crippen LogP contribution in [0, 0.1) is 5.92 Å². The summed E-state index contributed by atoms with van der Waals surface area (Å²) in [5, 5.41) is 0. The van der Waals surface area contributed by atoms with Crippen LogP contribution < -0.4 is 9.47 Å². The van der Waals surface area contributed by atoms with Gasteiger partial charge in [0.05, 0.1) is 17.4 Å². The van der Waals surface area contributed by atoms with E-state index in [0.29, 0.717) is 57.3 Å². The molecule has 2 aliphatic heterocycles. The largest absolute Gasteiger partial charge is 0.486 e. The summed E-state index contributed by atoms with van der Waals surface area (Å²) >= 11 is 0. The van der Waals surface area contributed by atoms with E-state index in [1.165, 1.54) is 22.0 Å². The Labute approximate surface area is 183 Å². The minimum absolute atomic E-state index is 0.179. The van der Waals surface area contributed by atoms with Crippen LogP contribution in [0.1, 0.15) is 24.8 Å². The Morgan fingerprint density at radius 3 is 2.45 bits per heavy atom. The van der Waals surface area contributed by atoms with Crippen molar-refractivity contribution in [1.29, 1.82) is 0 Å². The van der Waals surface area contributed by atoms with Crippen molar-refractivity contribution < 1.29 is 27.4 Å². The fourth-order valence-corrected chi connectivity index (χ4v) is 5.36. The summed E-state index contributed by atoms with van der Waals surface area (Å²) in [6.07, 6.45) is 2.55. The Bertz CT molecular complexity index is 1000. The molecule has 0 saturated carbocycles. The van der Waals surface area contributed by atoms with Crippen LogP contribution in [-0.2, 0) is 26.0 Å². The molecule has 0 amide bonds. The van der Waals surface area contributed by atoms with Crippen molar-refractivity contribution in [1.82, 2.24) is 4.31 Å². The van der Waals surface area contributed by atoms with Gasteiger partial charge in [-0.1, -0.05) is 30.3 Å². The second kappa shape index (κ2) is 9.70. The van der Waals surface area contributed by atoms with Gasteiger partial charge in [0.2, 0.25) is 10.0 Å². The molecule has 0 aliphatic carbocycles. The summed E-state index contributed by atoms with van der Waals surface area (Å²) in [7, 11) is -3.65. The van der Waals surface area contributed by atoms with Gasteiger partial charge in [0.1, 0.15) is 13.2 Å². The summed E-state index contributed by atoms with van der Waals surface area (Å²) in [6.45, 7) is 1.81. The Morgan fingerprint density at radius 2 is 1.71 bits per heavy atom. The van der Waals surface area contributed by atoms with E-state index in [4.69, 9.17) is 14.2 Å². The molecule has 1 fully saturated rings. The van der Waals surface area contributed by atoms with E-state index >= 15 is 0 Å². The molecule has 0 atom stereocenters. The topological polar surface area (TPSA) is 82.1 Å². The lowest BCUT2D eigenvalue weighted by atomic mass is 9.98. The van der Waals surface area contributed by atoms with Gasteiger partial charge in [0.15, 0.2) is 11.5 Å². The fourth-order valence-electron chi connectivity index (χ4n) is 3.88. The number of hydrogen-bond donors (Lipinski definition) is 0. The zero-order valence-electron chi connectivity index (χ0n) is 17.4. The molecule has 166 valence electrons. The maximum atomic E-state index is 13.0. The van der Waals surface area contributed by atoms with Crippen LogP contribution in [0.3, 0.4) is 0 Å². The van der Waals surface area contributed by atoms with E-state index < -0.39 is 10.0 Å². The van der Waals surface area contributed by atoms with Gasteiger partial charge in [-0.15, -0.1) is 0 Å². The molecule has 0 spiro atoms. The number of piperidine rings is 1. The number of aryl methyl sites for hydroxylation is 1. The van der Waals surface area contributed by atoms with Crippen molar-refractivity contribution in [2.24, 2.45) is 5.92 Å². The van der Waals surface area contributed by atoms with Crippen molar-refractivity contribution in [2.45, 2.75) is 30.6 Å². The number of nitrogens with zero attached hydrogens (tertiary/aromatic N) is 1. The molecule has 31 heavy (non-hydrogen) atoms. The van der Waals surface area contributed by atoms with Crippen LogP contribution in [0.15, 0.2) is 53.4 Å². The number of rotatable bonds is 7. The molecule has 0 N–H and O–H groups in total. The van der Waals surface area contributed by atoms with Crippen molar-refractivity contribution in [3.05, 3.63) is 54.1 Å². The lowest BCUT2D eigenvalue weighted by Gasteiger charge is -2.30. The molecule has 0 bridgehead atoms. The number of fused-ring (bicyclic) bond motifs is 1. The van der Waals surface area contributed by atoms with Crippen molar-refractivity contribution in [3.8, 4) is 11.5 Å². The van der Waals surface area contributed by atoms with E-state index in [2.05, 4.69) is 12.1 Å². The fraction of sp³-hybridized carbons (Fsp3) is 0.435. The minimum Gasteiger partial charge on any atom is -0.486 e. The first-order valence-electron chi connectivity index (χ1n) is 10.6. The third-order valence-corrected chi connectivity index (χ3v) is 7.53. The first-order chi connectivity index (χ1) is 15.0. The molecule has 8 heteroatoms. The van der Waals surface area contributed by atoms with Crippen LogP contribution in [0.2, 0.25) is 0 Å². The smallest absolute Gasteiger partial charge is 0.309 e. The first kappa shape index (κ1) is 21.6. The highest BCUT2D eigenvalue weighted by Crippen LogP contribution is 2.34. The summed E-state index contributed by atoms with van der Waals surface area (Å²) < 4.78 is 43.8. The molecule has 4 rings (SSSR count). The third-order valence-electron chi connectivity index (χ3n) is 5.64. The molecular weight excluding hydrogens is 418 g/mol. The number of ether oxygens (including phenoxy) is 3. The van der Waals surface area contributed by atoms with Gasteiger partial charge >= 0.3 is 5.97 Å². The second-order valence-corrected chi connectivity index (χ2v) is 9.68. The van der Waals surface area contributed by atoms with Gasteiger partial charge in [0, 0.05) is 19.2 Å². The van der Waals surface area contributed by atoms with Gasteiger partial charge in [-0.05, 0) is 43.4 Å². The molecular formula is C23H27NO6S. The van der Waals surface area contributed by atoms with Crippen LogP contribution in [0.4, 0.5) is 0 Å². The van der Waals surface area contributed by atoms with Gasteiger partial charge in [0.25, 0.3) is 0 Å². The highest BCUT2D eigenvalue weighted by atomic mass is 32.2. The highest BCUT2D eigenvalue weighted by molar-refractivity contribution is 7.89. The number of carbonyl (C=O) groups is 1. The van der Waals surface area contributed by atoms with E-state index in [0.717, 1.165) is 12.8 Å². The molecule has 2 aliphatic rings. The monoisotopic (exact) mass is 445 g/mol. The van der Waals surface area contributed by atoms with E-state index in [9.17, 15) is 13.2 Å². The average Bonchev–Trinajstić information content (AvgIpc) is 2.82. The Morgan fingerprint density at radius 1 is 1.00 bits per heavy atom. The van der Waals surface area contributed by atoms with Gasteiger partial charge < -0.3 is 14.2 Å². The van der Waals surface area contributed by atoms with Crippen LogP contribution in [-0.4, -0.2) is 51.6 Å². The number of hydrogen-bond acceptors (Lipinski definition) is 6. The minimum atomic E-state index is -3.65. The molecule has 2 aromatic carbocycles. The Balaban J connectivity index is 1.26. The SMILES string of the molecule is O=C(OCCCc1ccccc1)C1CCN(S(=O)(=O)c2ccc3c(c2)OCCO3)CC1. The Kier molecular flexibility index (Phi) is 6.77. The van der Waals surface area contributed by atoms with Crippen molar-refractivity contribution in [2.75, 3.05) is 32.9 Å². The summed E-state index contributed by atoms with van der Waals surface area (Å²) in [5.74, 6) is 0.507. The summed E-state index contributed by atoms with van der Waals surface area (Å²) in [4.78, 5) is 12.6. The maximum absolute atomic E-state index is 13.0. The van der Waals surface area contributed by atoms with Crippen LogP contribution in [0.5, 0.6) is 11.5 Å². The highest BCUT2D eigenvalue weighted by Gasteiger charge is 2.33. The van der Waals surface area contributed by atoms with E-state index in [-0.39, 0.29) is 16.8 Å². The predicted octanol–water partition coefficient (Wildman–Crippen LogP) is 3.03. The van der Waals surface area contributed by atoms with Gasteiger partial charge in [-0.25, -0.2) is 8.42 Å². The van der Waals surface area contributed by atoms with Crippen molar-refractivity contribution >= 4 is 16.0 Å². The third kappa shape index (κ3) is 5.19. The quantitative estimate of drug-likeness (QED) is 0.481. The zero-order chi connectivity index (χ0) is 21.7. The lowest BCUT2D eigenvalue weighted by molar-refractivity contribution is -0.149. The van der Waals surface area contributed by atoms with E-state index in [1.807, 2.05) is 18.2 Å². The maximum Gasteiger partial charge on any atom is 0.309 e. The molecule has 2 heterocycles. The normalized spacial score (nSPS) is 17.3. The standard InChI is InChI=1S/C23H27NO6S/c25-23(30-14-4-7-18-5-2-1-3-6-18)19-10-12-24(13-11-19)31(26,27)20-8-9-21-22(17-20)29-16-15-28-21/h1-3,5-6,8-9,17,19H,4,7,10-16H2. The first-order valence-corrected chi connectivity index (χ1v) is 12.1. The number of esters is 1. The number of carbonyl (C=O) groups excluding carboxylic acids is 1. The number of sulfonamides is 1. The molecule has 2 aromatic rings. The van der Waals surface area contributed by atoms with Crippen molar-refractivity contribution in [3.63, 3.8) is 0 Å². The molecule has 0 unspecified atom stereocenters. The Hall–Kier alpha value is -2.58. The molecule has 1 saturated heterocycles. The zero-order valence-corrected chi connectivity index (χ0v) is 18.2. The van der Waals surface area contributed by atoms with E-state index in [1.54, 1.807) is 6.07 Å². The second-order valence-electron chi connectivity index (χ2n) is 7.74. The molecule has 0 aromatic heterocycles. The summed E-state index contributed by atoms with van der Waals surface area (Å²) in [6, 6.07) is 14.7. The molecule has 7 nitrogen and oxygen atoms in total. The predicted molar refractivity (Wildman–Crippen MR) is 115 cm³/mol. The lowest BCUT2D eigenvalue weighted by Crippen LogP contribution is -2.40. The molecule has 0 radical (unpaired) electrons. The van der Waals surface area contributed by atoms with Gasteiger partial charge in [-0.2, -0.15) is 4.31 Å². The van der Waals surface area contributed by atoms with Crippen LogP contribution in [0.25, 0.3) is 0 Å². The summed E-state index contributed by atoms with van der Waals surface area (Å²) in [5.41, 5.74) is 1.22. The average molecular weight is 446 g/mol. The number of benzene rings is 2. The van der Waals surface area contributed by atoms with Crippen LogP contribution >= 0.6 is 0 Å².